The minimum Gasteiger partial charge on any atom is -0.262 e. The minimum atomic E-state index is 0.685. The maximum absolute atomic E-state index is 5.06. The van der Waals surface area contributed by atoms with Crippen molar-refractivity contribution in [3.05, 3.63) is 114 Å². The molecule has 0 saturated heterocycles. The van der Waals surface area contributed by atoms with Crippen LogP contribution in [0.15, 0.2) is 91.5 Å². The second kappa shape index (κ2) is 9.92. The molecule has 0 aliphatic heterocycles. The van der Waals surface area contributed by atoms with Crippen molar-refractivity contribution in [3.8, 4) is 0 Å². The van der Waals surface area contributed by atoms with Gasteiger partial charge < -0.3 is 0 Å². The van der Waals surface area contributed by atoms with Crippen molar-refractivity contribution < 1.29 is 0 Å². The third kappa shape index (κ3) is 4.90. The van der Waals surface area contributed by atoms with Crippen molar-refractivity contribution in [1.29, 1.82) is 0 Å². The molecule has 36 heavy (non-hydrogen) atoms. The van der Waals surface area contributed by atoms with E-state index in [1.807, 2.05) is 129 Å². The molecule has 5 heterocycles. The Morgan fingerprint density at radius 1 is 0.389 bits per heavy atom. The van der Waals surface area contributed by atoms with Gasteiger partial charge in [-0.25, -0.2) is 24.9 Å². The molecular formula is C29H27N7. The van der Waals surface area contributed by atoms with Crippen LogP contribution in [0.3, 0.4) is 0 Å². The van der Waals surface area contributed by atoms with Crippen molar-refractivity contribution in [2.75, 3.05) is 9.80 Å². The molecule has 7 heteroatoms. The van der Waals surface area contributed by atoms with E-state index in [0.29, 0.717) is 11.6 Å². The van der Waals surface area contributed by atoms with E-state index in [1.165, 1.54) is 0 Å². The van der Waals surface area contributed by atoms with Gasteiger partial charge in [0.05, 0.1) is 0 Å². The maximum Gasteiger partial charge on any atom is 0.142 e. The Morgan fingerprint density at radius 2 is 0.694 bits per heavy atom. The SMILES string of the molecule is Cc1ccc(N(c2ccc(C)cn2)c2cccc(N(c3ccc(C)cn3)c3ccc(C)cn3)n2)nc1. The van der Waals surface area contributed by atoms with Crippen LogP contribution in [0.5, 0.6) is 0 Å². The largest absolute Gasteiger partial charge is 0.262 e. The average molecular weight is 474 g/mol. The topological polar surface area (TPSA) is 70.9 Å². The first-order valence-corrected chi connectivity index (χ1v) is 11.8. The first-order chi connectivity index (χ1) is 17.5. The number of anilines is 6. The molecule has 5 rings (SSSR count). The molecule has 5 aromatic rings. The molecule has 7 nitrogen and oxygen atoms in total. The van der Waals surface area contributed by atoms with Gasteiger partial charge in [0.2, 0.25) is 0 Å². The van der Waals surface area contributed by atoms with Crippen LogP contribution in [-0.2, 0) is 0 Å². The van der Waals surface area contributed by atoms with Crippen molar-refractivity contribution in [3.63, 3.8) is 0 Å². The summed E-state index contributed by atoms with van der Waals surface area (Å²) in [7, 11) is 0. The third-order valence-corrected chi connectivity index (χ3v) is 5.68. The monoisotopic (exact) mass is 473 g/mol. The number of aromatic nitrogens is 5. The Balaban J connectivity index is 1.65. The summed E-state index contributed by atoms with van der Waals surface area (Å²) in [4.78, 5) is 27.6. The number of nitrogens with zero attached hydrogens (tertiary/aromatic N) is 7. The predicted molar refractivity (Wildman–Crippen MR) is 144 cm³/mol. The molecule has 0 aromatic carbocycles. The zero-order valence-electron chi connectivity index (χ0n) is 20.8. The summed E-state index contributed by atoms with van der Waals surface area (Å²) in [6.45, 7) is 8.08. The fourth-order valence-corrected chi connectivity index (χ4v) is 3.73. The van der Waals surface area contributed by atoms with Crippen LogP contribution in [0, 0.1) is 27.7 Å². The van der Waals surface area contributed by atoms with Crippen LogP contribution in [0.25, 0.3) is 0 Å². The van der Waals surface area contributed by atoms with Crippen molar-refractivity contribution in [2.24, 2.45) is 0 Å². The van der Waals surface area contributed by atoms with E-state index < -0.39 is 0 Å². The van der Waals surface area contributed by atoms with Crippen LogP contribution >= 0.6 is 0 Å². The molecule has 0 fully saturated rings. The second-order valence-corrected chi connectivity index (χ2v) is 8.80. The van der Waals surface area contributed by atoms with Crippen LogP contribution in [0.1, 0.15) is 22.3 Å². The number of hydrogen-bond acceptors (Lipinski definition) is 7. The zero-order chi connectivity index (χ0) is 25.1. The maximum atomic E-state index is 5.06. The van der Waals surface area contributed by atoms with Crippen LogP contribution in [-0.4, -0.2) is 24.9 Å². The Morgan fingerprint density at radius 3 is 0.944 bits per heavy atom. The highest BCUT2D eigenvalue weighted by molar-refractivity contribution is 5.74. The van der Waals surface area contributed by atoms with Gasteiger partial charge >= 0.3 is 0 Å². The summed E-state index contributed by atoms with van der Waals surface area (Å²) < 4.78 is 0. The second-order valence-electron chi connectivity index (χ2n) is 8.80. The summed E-state index contributed by atoms with van der Waals surface area (Å²) in [5.74, 6) is 4.30. The van der Waals surface area contributed by atoms with E-state index in [2.05, 4.69) is 19.9 Å². The van der Waals surface area contributed by atoms with Gasteiger partial charge in [-0.05, 0) is 86.3 Å². The van der Waals surface area contributed by atoms with E-state index in [4.69, 9.17) is 4.98 Å². The van der Waals surface area contributed by atoms with Gasteiger partial charge in [0.15, 0.2) is 0 Å². The molecule has 178 valence electrons. The number of rotatable bonds is 6. The quantitative estimate of drug-likeness (QED) is 0.267. The number of pyridine rings is 5. The van der Waals surface area contributed by atoms with E-state index in [0.717, 1.165) is 45.5 Å². The van der Waals surface area contributed by atoms with Gasteiger partial charge in [-0.1, -0.05) is 30.3 Å². The zero-order valence-corrected chi connectivity index (χ0v) is 20.8. The molecule has 5 aromatic heterocycles. The molecule has 0 amide bonds. The van der Waals surface area contributed by atoms with Gasteiger partial charge in [0.25, 0.3) is 0 Å². The first kappa shape index (κ1) is 23.1. The number of aryl methyl sites for hydroxylation is 4. The van der Waals surface area contributed by atoms with Crippen LogP contribution < -0.4 is 9.80 Å². The lowest BCUT2D eigenvalue weighted by atomic mass is 10.2. The first-order valence-electron chi connectivity index (χ1n) is 11.8. The molecule has 0 N–H and O–H groups in total. The van der Waals surface area contributed by atoms with Gasteiger partial charge in [0.1, 0.15) is 34.9 Å². The highest BCUT2D eigenvalue weighted by Crippen LogP contribution is 2.35. The van der Waals surface area contributed by atoms with Crippen molar-refractivity contribution in [1.82, 2.24) is 24.9 Å². The summed E-state index contributed by atoms with van der Waals surface area (Å²) in [6, 6.07) is 21.9. The van der Waals surface area contributed by atoms with Gasteiger partial charge in [-0.2, -0.15) is 0 Å². The normalized spacial score (nSPS) is 10.8. The minimum absolute atomic E-state index is 0.685. The van der Waals surface area contributed by atoms with Gasteiger partial charge in [-0.15, -0.1) is 0 Å². The van der Waals surface area contributed by atoms with E-state index >= 15 is 0 Å². The Bertz CT molecular complexity index is 1250. The Kier molecular flexibility index (Phi) is 6.36. The highest BCUT2D eigenvalue weighted by atomic mass is 15.3. The smallest absolute Gasteiger partial charge is 0.142 e. The lowest BCUT2D eigenvalue weighted by Gasteiger charge is -2.26. The highest BCUT2D eigenvalue weighted by Gasteiger charge is 2.20. The van der Waals surface area contributed by atoms with Gasteiger partial charge in [0, 0.05) is 24.8 Å². The summed E-state index contributed by atoms with van der Waals surface area (Å²) in [6.07, 6.45) is 7.39. The molecule has 0 aliphatic rings. The molecular weight excluding hydrogens is 446 g/mol. The van der Waals surface area contributed by atoms with Gasteiger partial charge in [-0.3, -0.25) is 9.80 Å². The third-order valence-electron chi connectivity index (χ3n) is 5.68. The standard InChI is InChI=1S/C29H27N7/c1-20-8-12-24(30-16-20)35(25-13-9-21(2)17-31-25)28-6-5-7-29(34-28)36(26-14-10-22(3)18-32-26)27-15-11-23(4)19-33-27/h5-19H,1-4H3. The van der Waals surface area contributed by atoms with Crippen molar-refractivity contribution >= 4 is 34.9 Å². The molecule has 0 saturated carbocycles. The van der Waals surface area contributed by atoms with E-state index in [1.54, 1.807) is 0 Å². The Labute approximate surface area is 211 Å². The van der Waals surface area contributed by atoms with Crippen LogP contribution in [0.4, 0.5) is 34.9 Å². The molecule has 0 unspecified atom stereocenters. The summed E-state index contributed by atoms with van der Waals surface area (Å²) in [5, 5.41) is 0. The molecule has 0 atom stereocenters. The molecule has 0 aliphatic carbocycles. The van der Waals surface area contributed by atoms with Crippen LogP contribution in [0.2, 0.25) is 0 Å². The molecule has 0 bridgehead atoms. The fraction of sp³-hybridized carbons (Fsp3) is 0.138. The lowest BCUT2D eigenvalue weighted by molar-refractivity contribution is 1.04. The Hall–Kier alpha value is -4.65. The summed E-state index contributed by atoms with van der Waals surface area (Å²) in [5.41, 5.74) is 4.33. The molecule has 0 spiro atoms. The van der Waals surface area contributed by atoms with E-state index in [-0.39, 0.29) is 0 Å². The van der Waals surface area contributed by atoms with E-state index in [9.17, 15) is 0 Å². The average Bonchev–Trinajstić information content (AvgIpc) is 2.89. The summed E-state index contributed by atoms with van der Waals surface area (Å²) >= 11 is 0. The number of hydrogen-bond donors (Lipinski definition) is 0. The molecule has 0 radical (unpaired) electrons. The fourth-order valence-electron chi connectivity index (χ4n) is 3.73. The lowest BCUT2D eigenvalue weighted by Crippen LogP contribution is -2.18. The predicted octanol–water partition coefficient (Wildman–Crippen LogP) is 6.83. The van der Waals surface area contributed by atoms with Crippen molar-refractivity contribution in [2.45, 2.75) is 27.7 Å².